The molecule has 110 valence electrons. The van der Waals surface area contributed by atoms with Gasteiger partial charge < -0.3 is 9.84 Å². The Morgan fingerprint density at radius 3 is 2.57 bits per heavy atom. The quantitative estimate of drug-likeness (QED) is 0.685. The monoisotopic (exact) mass is 291 g/mol. The third kappa shape index (κ3) is 3.35. The van der Waals surface area contributed by atoms with Gasteiger partial charge in [-0.25, -0.2) is 4.39 Å². The van der Waals surface area contributed by atoms with Crippen molar-refractivity contribution < 1.29 is 19.2 Å². The molecule has 0 aromatic heterocycles. The summed E-state index contributed by atoms with van der Waals surface area (Å²) in [5.74, 6) is -0.278. The van der Waals surface area contributed by atoms with Gasteiger partial charge in [-0.1, -0.05) is 12.1 Å². The Bertz CT molecular complexity index is 685. The molecule has 0 saturated carbocycles. The summed E-state index contributed by atoms with van der Waals surface area (Å²) in [6.45, 7) is 3.22. The molecule has 2 aromatic carbocycles. The van der Waals surface area contributed by atoms with Crippen molar-refractivity contribution in [2.24, 2.45) is 0 Å². The fraction of sp³-hybridized carbons (Fsp3) is 0.200. The van der Waals surface area contributed by atoms with Crippen LogP contribution in [0.4, 0.5) is 10.1 Å². The summed E-state index contributed by atoms with van der Waals surface area (Å²) in [7, 11) is 0. The molecule has 0 aliphatic heterocycles. The van der Waals surface area contributed by atoms with Gasteiger partial charge >= 0.3 is 5.69 Å². The summed E-state index contributed by atoms with van der Waals surface area (Å²) in [6.07, 6.45) is -0.825. The third-order valence-electron chi connectivity index (χ3n) is 3.03. The molecule has 1 atom stereocenters. The Morgan fingerprint density at radius 1 is 1.24 bits per heavy atom. The molecule has 1 unspecified atom stereocenters. The van der Waals surface area contributed by atoms with Crippen molar-refractivity contribution in [1.82, 2.24) is 0 Å². The molecule has 0 amide bonds. The van der Waals surface area contributed by atoms with E-state index in [0.29, 0.717) is 11.1 Å². The van der Waals surface area contributed by atoms with Gasteiger partial charge in [-0.05, 0) is 37.1 Å². The smallest absolute Gasteiger partial charge is 0.311 e. The van der Waals surface area contributed by atoms with Gasteiger partial charge in [0.15, 0.2) is 0 Å². The van der Waals surface area contributed by atoms with Crippen LogP contribution in [0, 0.1) is 22.9 Å². The molecule has 0 radical (unpaired) electrons. The predicted molar refractivity (Wildman–Crippen MR) is 74.9 cm³/mol. The number of halogens is 1. The number of nitrogens with zero attached hydrogens (tertiary/aromatic N) is 1. The number of hydrogen-bond donors (Lipinski definition) is 1. The minimum Gasteiger partial charge on any atom is -0.450 e. The largest absolute Gasteiger partial charge is 0.450 e. The fourth-order valence-electron chi connectivity index (χ4n) is 1.83. The molecule has 2 rings (SSSR count). The van der Waals surface area contributed by atoms with Crippen LogP contribution in [0.5, 0.6) is 11.5 Å². The van der Waals surface area contributed by atoms with E-state index in [9.17, 15) is 19.6 Å². The second-order valence-electron chi connectivity index (χ2n) is 4.67. The van der Waals surface area contributed by atoms with E-state index in [4.69, 9.17) is 4.74 Å². The number of rotatable bonds is 4. The lowest BCUT2D eigenvalue weighted by Gasteiger charge is -2.11. The molecule has 0 fully saturated rings. The van der Waals surface area contributed by atoms with Gasteiger partial charge in [-0.2, -0.15) is 0 Å². The molecule has 6 heteroatoms. The number of aryl methyl sites for hydroxylation is 1. The van der Waals surface area contributed by atoms with Gasteiger partial charge in [0.2, 0.25) is 5.75 Å². The van der Waals surface area contributed by atoms with Crippen LogP contribution in [-0.2, 0) is 0 Å². The molecule has 21 heavy (non-hydrogen) atoms. The molecular formula is C15H14FNO4. The van der Waals surface area contributed by atoms with Crippen LogP contribution < -0.4 is 4.74 Å². The summed E-state index contributed by atoms with van der Waals surface area (Å²) in [5, 5.41) is 20.6. The van der Waals surface area contributed by atoms with Crippen molar-refractivity contribution in [2.75, 3.05) is 0 Å². The first kappa shape index (κ1) is 14.9. The zero-order valence-corrected chi connectivity index (χ0v) is 11.5. The molecule has 1 N–H and O–H groups in total. The Balaban J connectivity index is 2.44. The van der Waals surface area contributed by atoms with Crippen molar-refractivity contribution in [3.63, 3.8) is 0 Å². The lowest BCUT2D eigenvalue weighted by atomic mass is 10.1. The van der Waals surface area contributed by atoms with E-state index in [-0.39, 0.29) is 17.2 Å². The van der Waals surface area contributed by atoms with E-state index in [2.05, 4.69) is 0 Å². The first-order valence-corrected chi connectivity index (χ1v) is 6.29. The highest BCUT2D eigenvalue weighted by atomic mass is 19.1. The number of ether oxygens (including phenoxy) is 1. The minimum absolute atomic E-state index is 0.00176. The maximum Gasteiger partial charge on any atom is 0.311 e. The molecule has 0 spiro atoms. The van der Waals surface area contributed by atoms with Crippen molar-refractivity contribution >= 4 is 5.69 Å². The van der Waals surface area contributed by atoms with E-state index in [1.54, 1.807) is 6.92 Å². The zero-order chi connectivity index (χ0) is 15.6. The van der Waals surface area contributed by atoms with Gasteiger partial charge in [-0.3, -0.25) is 10.1 Å². The molecule has 0 aliphatic rings. The molecule has 0 bridgehead atoms. The second kappa shape index (κ2) is 5.88. The summed E-state index contributed by atoms with van der Waals surface area (Å²) in [5.41, 5.74) is 0.785. The van der Waals surface area contributed by atoms with Gasteiger partial charge in [0.25, 0.3) is 0 Å². The first-order valence-electron chi connectivity index (χ1n) is 6.29. The van der Waals surface area contributed by atoms with E-state index in [1.807, 2.05) is 0 Å². The summed E-state index contributed by atoms with van der Waals surface area (Å²) >= 11 is 0. The molecule has 0 aliphatic carbocycles. The number of nitro benzene ring substituents is 1. The Hall–Kier alpha value is -2.47. The Morgan fingerprint density at radius 2 is 1.95 bits per heavy atom. The van der Waals surface area contributed by atoms with Crippen molar-refractivity contribution in [3.8, 4) is 11.5 Å². The van der Waals surface area contributed by atoms with Crippen LogP contribution in [0.15, 0.2) is 36.4 Å². The third-order valence-corrected chi connectivity index (χ3v) is 3.03. The van der Waals surface area contributed by atoms with E-state index in [1.165, 1.54) is 43.3 Å². The van der Waals surface area contributed by atoms with E-state index >= 15 is 0 Å². The molecule has 0 saturated heterocycles. The van der Waals surface area contributed by atoms with Crippen LogP contribution in [0.3, 0.4) is 0 Å². The van der Waals surface area contributed by atoms with Crippen molar-refractivity contribution in [3.05, 3.63) is 63.5 Å². The molecule has 5 nitrogen and oxygen atoms in total. The molecule has 0 heterocycles. The van der Waals surface area contributed by atoms with Crippen molar-refractivity contribution in [1.29, 1.82) is 0 Å². The van der Waals surface area contributed by atoms with Gasteiger partial charge in [0, 0.05) is 12.1 Å². The van der Waals surface area contributed by atoms with Gasteiger partial charge in [-0.15, -0.1) is 0 Å². The SMILES string of the molecule is Cc1ccc(F)cc1Oc1ccc(C(C)O)cc1[N+](=O)[O-]. The maximum absolute atomic E-state index is 13.2. The second-order valence-corrected chi connectivity index (χ2v) is 4.67. The summed E-state index contributed by atoms with van der Waals surface area (Å²) in [6, 6.07) is 8.15. The summed E-state index contributed by atoms with van der Waals surface area (Å²) < 4.78 is 18.7. The average Bonchev–Trinajstić information content (AvgIpc) is 2.42. The highest BCUT2D eigenvalue weighted by molar-refractivity contribution is 5.51. The first-order chi connectivity index (χ1) is 9.88. The highest BCUT2D eigenvalue weighted by Crippen LogP contribution is 2.35. The summed E-state index contributed by atoms with van der Waals surface area (Å²) in [4.78, 5) is 10.5. The number of nitro groups is 1. The topological polar surface area (TPSA) is 72.6 Å². The highest BCUT2D eigenvalue weighted by Gasteiger charge is 2.19. The molecule has 2 aromatic rings. The average molecular weight is 291 g/mol. The Labute approximate surface area is 120 Å². The lowest BCUT2D eigenvalue weighted by molar-refractivity contribution is -0.385. The number of benzene rings is 2. The minimum atomic E-state index is -0.825. The molecular weight excluding hydrogens is 277 g/mol. The number of aliphatic hydroxyl groups excluding tert-OH is 1. The normalized spacial score (nSPS) is 12.0. The standard InChI is InChI=1S/C15H14FNO4/c1-9-3-5-12(16)8-15(9)21-14-6-4-11(10(2)18)7-13(14)17(19)20/h3-8,10,18H,1-2H3. The number of aliphatic hydroxyl groups is 1. The van der Waals surface area contributed by atoms with Crippen LogP contribution in [0.1, 0.15) is 24.2 Å². The van der Waals surface area contributed by atoms with Crippen LogP contribution in [0.25, 0.3) is 0 Å². The fourth-order valence-corrected chi connectivity index (χ4v) is 1.83. The maximum atomic E-state index is 13.2. The van der Waals surface area contributed by atoms with Gasteiger partial charge in [0.05, 0.1) is 11.0 Å². The van der Waals surface area contributed by atoms with Gasteiger partial charge in [0.1, 0.15) is 11.6 Å². The van der Waals surface area contributed by atoms with Crippen LogP contribution >= 0.6 is 0 Å². The predicted octanol–water partition coefficient (Wildman–Crippen LogP) is 3.89. The van der Waals surface area contributed by atoms with Crippen LogP contribution in [-0.4, -0.2) is 10.0 Å². The van der Waals surface area contributed by atoms with E-state index < -0.39 is 16.8 Å². The number of hydrogen-bond acceptors (Lipinski definition) is 4. The van der Waals surface area contributed by atoms with Crippen LogP contribution in [0.2, 0.25) is 0 Å². The lowest BCUT2D eigenvalue weighted by Crippen LogP contribution is -1.98. The van der Waals surface area contributed by atoms with E-state index in [0.717, 1.165) is 0 Å². The Kier molecular flexibility index (Phi) is 4.18. The zero-order valence-electron chi connectivity index (χ0n) is 11.5. The van der Waals surface area contributed by atoms with Crippen molar-refractivity contribution in [2.45, 2.75) is 20.0 Å².